The third-order valence-corrected chi connectivity index (χ3v) is 7.49. The fourth-order valence-electron chi connectivity index (χ4n) is 5.63. The molecule has 2 fully saturated rings. The maximum atomic E-state index is 12.9. The number of aromatic nitrogens is 3. The molecule has 2 aromatic rings. The van der Waals surface area contributed by atoms with Crippen LogP contribution in [0.5, 0.6) is 0 Å². The van der Waals surface area contributed by atoms with Crippen molar-refractivity contribution < 1.29 is 9.59 Å². The van der Waals surface area contributed by atoms with Crippen molar-refractivity contribution in [1.82, 2.24) is 30.3 Å². The second-order valence-corrected chi connectivity index (χ2v) is 9.64. The number of urea groups is 1. The van der Waals surface area contributed by atoms with E-state index in [1.807, 2.05) is 11.8 Å². The molecular weight excluding hydrogens is 418 g/mol. The Hall–Kier alpha value is -3.10. The molecule has 2 aliphatic heterocycles. The molecular formula is C24H33N7O2. The first kappa shape index (κ1) is 21.7. The Morgan fingerprint density at radius 1 is 1.18 bits per heavy atom. The molecule has 9 heteroatoms. The van der Waals surface area contributed by atoms with Crippen LogP contribution >= 0.6 is 0 Å². The number of nitrogens with zero attached hydrogens (tertiary/aromatic N) is 4. The summed E-state index contributed by atoms with van der Waals surface area (Å²) in [5, 5.41) is 10.9. The maximum Gasteiger partial charge on any atom is 0.317 e. The fourth-order valence-corrected chi connectivity index (χ4v) is 5.63. The second kappa shape index (κ2) is 8.68. The minimum atomic E-state index is -0.162. The summed E-state index contributed by atoms with van der Waals surface area (Å²) in [5.74, 6) is 0.0778. The predicted molar refractivity (Wildman–Crippen MR) is 126 cm³/mol. The van der Waals surface area contributed by atoms with E-state index in [1.165, 1.54) is 6.42 Å². The Kier molecular flexibility index (Phi) is 5.72. The van der Waals surface area contributed by atoms with E-state index < -0.39 is 0 Å². The lowest BCUT2D eigenvalue weighted by Crippen LogP contribution is -2.40. The average Bonchev–Trinajstić information content (AvgIpc) is 3.52. The van der Waals surface area contributed by atoms with Gasteiger partial charge in [-0.25, -0.2) is 9.78 Å². The Morgan fingerprint density at radius 2 is 1.97 bits per heavy atom. The van der Waals surface area contributed by atoms with Gasteiger partial charge in [0.05, 0.1) is 11.3 Å². The number of carbonyl (C=O) groups excluding carboxylic acids is 2. The van der Waals surface area contributed by atoms with E-state index in [2.05, 4.69) is 26.4 Å². The molecule has 176 valence electrons. The Morgan fingerprint density at radius 3 is 2.76 bits per heavy atom. The third-order valence-electron chi connectivity index (χ3n) is 7.49. The number of carbonyl (C=O) groups is 2. The van der Waals surface area contributed by atoms with E-state index in [0.29, 0.717) is 18.7 Å². The molecule has 1 saturated carbocycles. The summed E-state index contributed by atoms with van der Waals surface area (Å²) in [4.78, 5) is 31.5. The first-order valence-corrected chi connectivity index (χ1v) is 12.2. The Balaban J connectivity index is 1.36. The highest BCUT2D eigenvalue weighted by molar-refractivity contribution is 5.99. The first-order chi connectivity index (χ1) is 16.0. The molecule has 33 heavy (non-hydrogen) atoms. The number of likely N-dealkylation sites (tertiary alicyclic amines) is 1. The lowest BCUT2D eigenvalue weighted by Gasteiger charge is -2.23. The van der Waals surface area contributed by atoms with Gasteiger partial charge in [0.1, 0.15) is 5.82 Å². The summed E-state index contributed by atoms with van der Waals surface area (Å²) in [6.07, 6.45) is 9.18. The zero-order valence-corrected chi connectivity index (χ0v) is 19.3. The van der Waals surface area contributed by atoms with Crippen LogP contribution in [0.25, 0.3) is 11.3 Å². The lowest BCUT2D eigenvalue weighted by atomic mass is 9.82. The van der Waals surface area contributed by atoms with Crippen molar-refractivity contribution in [2.45, 2.75) is 69.9 Å². The van der Waals surface area contributed by atoms with Crippen molar-refractivity contribution in [3.63, 3.8) is 0 Å². The highest BCUT2D eigenvalue weighted by Crippen LogP contribution is 2.43. The first-order valence-electron chi connectivity index (χ1n) is 12.2. The van der Waals surface area contributed by atoms with E-state index in [1.54, 1.807) is 12.3 Å². The van der Waals surface area contributed by atoms with E-state index >= 15 is 0 Å². The van der Waals surface area contributed by atoms with Crippen molar-refractivity contribution >= 4 is 17.8 Å². The average molecular weight is 452 g/mol. The van der Waals surface area contributed by atoms with E-state index in [-0.39, 0.29) is 29.2 Å². The summed E-state index contributed by atoms with van der Waals surface area (Å²) in [7, 11) is 0. The molecule has 5 rings (SSSR count). The number of fused-ring (bicyclic) bond motifs is 2. The summed E-state index contributed by atoms with van der Waals surface area (Å²) in [5.41, 5.74) is 9.16. The number of aryl methyl sites for hydroxylation is 1. The predicted octanol–water partition coefficient (Wildman–Crippen LogP) is 2.67. The molecule has 9 nitrogen and oxygen atoms in total. The summed E-state index contributed by atoms with van der Waals surface area (Å²) >= 11 is 0. The molecule has 0 aromatic carbocycles. The van der Waals surface area contributed by atoms with E-state index in [9.17, 15) is 9.59 Å². The quantitative estimate of drug-likeness (QED) is 0.660. The number of hydrogen-bond donors (Lipinski definition) is 3. The lowest BCUT2D eigenvalue weighted by molar-refractivity contribution is 0.0928. The van der Waals surface area contributed by atoms with Gasteiger partial charge in [-0.15, -0.1) is 0 Å². The topological polar surface area (TPSA) is 118 Å². The van der Waals surface area contributed by atoms with Gasteiger partial charge in [-0.3, -0.25) is 9.48 Å². The Labute approximate surface area is 194 Å². The number of nitrogens with one attached hydrogen (secondary N) is 2. The van der Waals surface area contributed by atoms with Crippen LogP contribution in [-0.2, 0) is 12.0 Å². The van der Waals surface area contributed by atoms with Crippen LogP contribution < -0.4 is 16.4 Å². The highest BCUT2D eigenvalue weighted by atomic mass is 16.2. The van der Waals surface area contributed by atoms with Crippen LogP contribution in [0.1, 0.15) is 67.9 Å². The Bertz CT molecular complexity index is 1060. The molecule has 0 bridgehead atoms. The highest BCUT2D eigenvalue weighted by Gasteiger charge is 2.46. The number of nitrogen functional groups attached to an aromatic ring is 1. The molecule has 3 aliphatic rings. The van der Waals surface area contributed by atoms with Crippen LogP contribution in [0.2, 0.25) is 0 Å². The normalized spacial score (nSPS) is 22.5. The van der Waals surface area contributed by atoms with Crippen molar-refractivity contribution in [3.8, 4) is 11.3 Å². The molecule has 3 amide bonds. The second-order valence-electron chi connectivity index (χ2n) is 9.64. The zero-order valence-electron chi connectivity index (χ0n) is 19.3. The summed E-state index contributed by atoms with van der Waals surface area (Å²) in [6, 6.07) is 4.12. The smallest absolute Gasteiger partial charge is 0.317 e. The standard InChI is InChI=1S/C24H33N7O2/c1-2-26-23(33)30-10-8-24(15-30)9-11-31-20(24)13-19(29-31)16-12-18(21(25)27-14-16)22(32)28-17-6-4-3-5-7-17/h12-14,17H,2-11,15H2,1H3,(H2,25,27)(H,26,33)(H,28,32)/t24-/m1/s1. The molecule has 1 spiro atoms. The van der Waals surface area contributed by atoms with Crippen LogP contribution in [0.4, 0.5) is 10.6 Å². The molecule has 1 aliphatic carbocycles. The van der Waals surface area contributed by atoms with Gasteiger partial charge in [0.15, 0.2) is 0 Å². The van der Waals surface area contributed by atoms with Crippen molar-refractivity contribution in [2.75, 3.05) is 25.4 Å². The summed E-state index contributed by atoms with van der Waals surface area (Å²) < 4.78 is 2.05. The van der Waals surface area contributed by atoms with Crippen molar-refractivity contribution in [3.05, 3.63) is 29.6 Å². The molecule has 4 N–H and O–H groups in total. The number of anilines is 1. The van der Waals surface area contributed by atoms with E-state index in [0.717, 1.165) is 68.6 Å². The number of hydrogen-bond acceptors (Lipinski definition) is 5. The molecule has 0 unspecified atom stereocenters. The van der Waals surface area contributed by atoms with Crippen molar-refractivity contribution in [1.29, 1.82) is 0 Å². The minimum absolute atomic E-state index is 0.00363. The van der Waals surface area contributed by atoms with Crippen LogP contribution in [0.15, 0.2) is 18.3 Å². The van der Waals surface area contributed by atoms with Crippen LogP contribution in [0, 0.1) is 0 Å². The molecule has 1 saturated heterocycles. The summed E-state index contributed by atoms with van der Waals surface area (Å²) in [6.45, 7) is 4.85. The minimum Gasteiger partial charge on any atom is -0.383 e. The van der Waals surface area contributed by atoms with Gasteiger partial charge in [-0.05, 0) is 44.7 Å². The maximum absolute atomic E-state index is 12.9. The molecule has 0 radical (unpaired) electrons. The van der Waals surface area contributed by atoms with Crippen LogP contribution in [-0.4, -0.2) is 57.3 Å². The van der Waals surface area contributed by atoms with E-state index in [4.69, 9.17) is 10.8 Å². The monoisotopic (exact) mass is 451 g/mol. The zero-order chi connectivity index (χ0) is 23.0. The molecule has 4 heterocycles. The van der Waals surface area contributed by atoms with Gasteiger partial charge in [0.2, 0.25) is 0 Å². The largest absolute Gasteiger partial charge is 0.383 e. The van der Waals surface area contributed by atoms with Gasteiger partial charge in [-0.2, -0.15) is 5.10 Å². The molecule has 2 aromatic heterocycles. The fraction of sp³-hybridized carbons (Fsp3) is 0.583. The van der Waals surface area contributed by atoms with Crippen molar-refractivity contribution in [2.24, 2.45) is 0 Å². The van der Waals surface area contributed by atoms with Gasteiger partial charge >= 0.3 is 6.03 Å². The third kappa shape index (κ3) is 4.05. The van der Waals surface area contributed by atoms with Gasteiger partial charge in [0.25, 0.3) is 5.91 Å². The number of rotatable bonds is 4. The SMILES string of the molecule is CCNC(=O)N1CC[C@@]2(CCn3nc(-c4cnc(N)c(C(=O)NC5CCCCC5)c4)cc32)C1. The number of pyridine rings is 1. The van der Waals surface area contributed by atoms with Gasteiger partial charge < -0.3 is 21.3 Å². The number of nitrogens with two attached hydrogens (primary N) is 1. The number of amides is 3. The van der Waals surface area contributed by atoms with Crippen LogP contribution in [0.3, 0.4) is 0 Å². The molecule has 1 atom stereocenters. The van der Waals surface area contributed by atoms with Gasteiger partial charge in [-0.1, -0.05) is 19.3 Å². The van der Waals surface area contributed by atoms with Gasteiger partial charge in [0, 0.05) is 55.1 Å².